The maximum atomic E-state index is 12.4. The number of para-hydroxylation sites is 1. The van der Waals surface area contributed by atoms with Gasteiger partial charge in [0.2, 0.25) is 0 Å². The summed E-state index contributed by atoms with van der Waals surface area (Å²) in [7, 11) is 1.60. The Kier molecular flexibility index (Phi) is 5.65. The second kappa shape index (κ2) is 8.50. The number of pyridine rings is 1. The lowest BCUT2D eigenvalue weighted by molar-refractivity contribution is 0.0945. The van der Waals surface area contributed by atoms with Gasteiger partial charge in [-0.1, -0.05) is 24.3 Å². The highest BCUT2D eigenvalue weighted by molar-refractivity contribution is 5.93. The Balaban J connectivity index is 1.69. The smallest absolute Gasteiger partial charge is 0.270 e. The topological polar surface area (TPSA) is 87.0 Å². The number of ether oxygens (including phenoxy) is 1. The number of rotatable bonds is 6. The number of benzene rings is 2. The minimum atomic E-state index is -0.282. The highest BCUT2D eigenvalue weighted by atomic mass is 16.5. The van der Waals surface area contributed by atoms with Crippen LogP contribution in [-0.4, -0.2) is 18.0 Å². The van der Waals surface area contributed by atoms with Crippen LogP contribution in [0.4, 0.5) is 11.4 Å². The Labute approximate surface area is 157 Å². The first-order valence-corrected chi connectivity index (χ1v) is 8.33. The van der Waals surface area contributed by atoms with E-state index in [9.17, 15) is 4.79 Å². The van der Waals surface area contributed by atoms with Crippen LogP contribution in [0.15, 0.2) is 66.9 Å². The molecule has 3 aromatic rings. The van der Waals surface area contributed by atoms with Crippen LogP contribution in [0.1, 0.15) is 21.6 Å². The van der Waals surface area contributed by atoms with E-state index >= 15 is 0 Å². The van der Waals surface area contributed by atoms with Crippen molar-refractivity contribution in [2.24, 2.45) is 0 Å². The molecule has 0 saturated carbocycles. The first-order chi connectivity index (χ1) is 13.2. The molecule has 134 valence electrons. The molecule has 2 N–H and O–H groups in total. The molecule has 6 nitrogen and oxygen atoms in total. The molecule has 0 atom stereocenters. The number of methoxy groups -OCH3 is 1. The molecule has 0 aliphatic rings. The Morgan fingerprint density at radius 1 is 1.11 bits per heavy atom. The third-order valence-corrected chi connectivity index (χ3v) is 3.90. The summed E-state index contributed by atoms with van der Waals surface area (Å²) >= 11 is 0. The normalized spacial score (nSPS) is 9.93. The van der Waals surface area contributed by atoms with Gasteiger partial charge in [0.05, 0.1) is 18.7 Å². The Bertz CT molecular complexity index is 995. The monoisotopic (exact) mass is 358 g/mol. The van der Waals surface area contributed by atoms with E-state index in [2.05, 4.69) is 21.7 Å². The summed E-state index contributed by atoms with van der Waals surface area (Å²) in [6, 6.07) is 20.1. The lowest BCUT2D eigenvalue weighted by atomic mass is 10.2. The first kappa shape index (κ1) is 18.0. The van der Waals surface area contributed by atoms with E-state index in [-0.39, 0.29) is 5.91 Å². The molecule has 3 rings (SSSR count). The van der Waals surface area contributed by atoms with Crippen molar-refractivity contribution in [2.75, 3.05) is 12.4 Å². The summed E-state index contributed by atoms with van der Waals surface area (Å²) in [6.07, 6.45) is 1.56. The van der Waals surface area contributed by atoms with Gasteiger partial charge in [-0.15, -0.1) is 0 Å². The zero-order valence-electron chi connectivity index (χ0n) is 14.8. The summed E-state index contributed by atoms with van der Waals surface area (Å²) in [5.74, 6) is 0.439. The van der Waals surface area contributed by atoms with E-state index < -0.39 is 0 Å². The van der Waals surface area contributed by atoms with Crippen LogP contribution >= 0.6 is 0 Å². The van der Waals surface area contributed by atoms with Crippen LogP contribution in [0.2, 0.25) is 0 Å². The third kappa shape index (κ3) is 4.61. The molecular formula is C21H18N4O2. The standard InChI is InChI=1S/C21H18N4O2/c1-27-20-8-3-2-6-16(20)14-24-21(26)19-12-18(9-10-23-19)25-17-7-4-5-15(11-17)13-22/h2-12H,14H2,1H3,(H,23,25)(H,24,26). The van der Waals surface area contributed by atoms with Gasteiger partial charge in [0, 0.05) is 29.7 Å². The van der Waals surface area contributed by atoms with Gasteiger partial charge in [0.1, 0.15) is 11.4 Å². The van der Waals surface area contributed by atoms with Crippen LogP contribution < -0.4 is 15.4 Å². The molecule has 1 amide bonds. The molecule has 1 heterocycles. The highest BCUT2D eigenvalue weighted by Gasteiger charge is 2.10. The fourth-order valence-electron chi connectivity index (χ4n) is 2.58. The van der Waals surface area contributed by atoms with Crippen LogP contribution in [0.5, 0.6) is 5.75 Å². The maximum Gasteiger partial charge on any atom is 0.270 e. The van der Waals surface area contributed by atoms with Gasteiger partial charge in [-0.3, -0.25) is 9.78 Å². The number of carbonyl (C=O) groups is 1. The van der Waals surface area contributed by atoms with Gasteiger partial charge in [-0.25, -0.2) is 0 Å². The van der Waals surface area contributed by atoms with Gasteiger partial charge in [0.15, 0.2) is 0 Å². The van der Waals surface area contributed by atoms with Gasteiger partial charge in [-0.05, 0) is 36.4 Å². The second-order valence-corrected chi connectivity index (χ2v) is 5.74. The molecular weight excluding hydrogens is 340 g/mol. The molecule has 0 fully saturated rings. The van der Waals surface area contributed by atoms with Gasteiger partial charge in [0.25, 0.3) is 5.91 Å². The average Bonchev–Trinajstić information content (AvgIpc) is 2.72. The van der Waals surface area contributed by atoms with Crippen molar-refractivity contribution >= 4 is 17.3 Å². The van der Waals surface area contributed by atoms with Crippen molar-refractivity contribution < 1.29 is 9.53 Å². The second-order valence-electron chi connectivity index (χ2n) is 5.74. The lowest BCUT2D eigenvalue weighted by Crippen LogP contribution is -2.24. The van der Waals surface area contributed by atoms with E-state index in [1.807, 2.05) is 30.3 Å². The molecule has 0 bridgehead atoms. The lowest BCUT2D eigenvalue weighted by Gasteiger charge is -2.10. The van der Waals surface area contributed by atoms with Crippen molar-refractivity contribution in [3.63, 3.8) is 0 Å². The number of hydrogen-bond donors (Lipinski definition) is 2. The minimum Gasteiger partial charge on any atom is -0.496 e. The highest BCUT2D eigenvalue weighted by Crippen LogP contribution is 2.19. The molecule has 0 aliphatic carbocycles. The zero-order chi connectivity index (χ0) is 19.1. The molecule has 0 spiro atoms. The quantitative estimate of drug-likeness (QED) is 0.702. The van der Waals surface area contributed by atoms with Gasteiger partial charge in [-0.2, -0.15) is 5.26 Å². The van der Waals surface area contributed by atoms with Crippen LogP contribution in [-0.2, 0) is 6.54 Å². The molecule has 1 aromatic heterocycles. The number of aromatic nitrogens is 1. The van der Waals surface area contributed by atoms with E-state index in [0.717, 1.165) is 17.0 Å². The van der Waals surface area contributed by atoms with Gasteiger partial charge >= 0.3 is 0 Å². The zero-order valence-corrected chi connectivity index (χ0v) is 14.8. The molecule has 0 aliphatic heterocycles. The predicted octanol–water partition coefficient (Wildman–Crippen LogP) is 3.64. The summed E-state index contributed by atoms with van der Waals surface area (Å²) in [5, 5.41) is 15.0. The van der Waals surface area contributed by atoms with Crippen LogP contribution in [0.3, 0.4) is 0 Å². The van der Waals surface area contributed by atoms with Crippen molar-refractivity contribution in [2.45, 2.75) is 6.54 Å². The minimum absolute atomic E-state index is 0.282. The van der Waals surface area contributed by atoms with Crippen molar-refractivity contribution in [1.82, 2.24) is 10.3 Å². The largest absolute Gasteiger partial charge is 0.496 e. The summed E-state index contributed by atoms with van der Waals surface area (Å²) < 4.78 is 5.29. The fraction of sp³-hybridized carbons (Fsp3) is 0.0952. The van der Waals surface area contributed by atoms with Crippen LogP contribution in [0.25, 0.3) is 0 Å². The first-order valence-electron chi connectivity index (χ1n) is 8.33. The summed E-state index contributed by atoms with van der Waals surface area (Å²) in [6.45, 7) is 0.340. The molecule has 0 radical (unpaired) electrons. The fourth-order valence-corrected chi connectivity index (χ4v) is 2.58. The predicted molar refractivity (Wildman–Crippen MR) is 103 cm³/mol. The number of nitrogens with zero attached hydrogens (tertiary/aromatic N) is 2. The summed E-state index contributed by atoms with van der Waals surface area (Å²) in [4.78, 5) is 16.6. The van der Waals surface area contributed by atoms with E-state index in [1.165, 1.54) is 0 Å². The SMILES string of the molecule is COc1ccccc1CNC(=O)c1cc(Nc2cccc(C#N)c2)ccn1. The summed E-state index contributed by atoms with van der Waals surface area (Å²) in [5.41, 5.74) is 3.22. The van der Waals surface area contributed by atoms with Crippen molar-refractivity contribution in [3.05, 3.63) is 83.7 Å². The molecule has 6 heteroatoms. The van der Waals surface area contributed by atoms with E-state index in [4.69, 9.17) is 10.00 Å². The molecule has 0 unspecified atom stereocenters. The Morgan fingerprint density at radius 2 is 1.93 bits per heavy atom. The maximum absolute atomic E-state index is 12.4. The number of anilines is 2. The van der Waals surface area contributed by atoms with E-state index in [0.29, 0.717) is 23.5 Å². The van der Waals surface area contributed by atoms with Gasteiger partial charge < -0.3 is 15.4 Å². The molecule has 27 heavy (non-hydrogen) atoms. The van der Waals surface area contributed by atoms with Crippen molar-refractivity contribution in [1.29, 1.82) is 5.26 Å². The average molecular weight is 358 g/mol. The number of amides is 1. The van der Waals surface area contributed by atoms with Crippen molar-refractivity contribution in [3.8, 4) is 11.8 Å². The van der Waals surface area contributed by atoms with Crippen LogP contribution in [0, 0.1) is 11.3 Å². The number of hydrogen-bond acceptors (Lipinski definition) is 5. The Morgan fingerprint density at radius 3 is 2.74 bits per heavy atom. The molecule has 2 aromatic carbocycles. The number of carbonyl (C=O) groups excluding carboxylic acids is 1. The Hall–Kier alpha value is -3.85. The molecule has 0 saturated heterocycles. The third-order valence-electron chi connectivity index (χ3n) is 3.90. The van der Waals surface area contributed by atoms with E-state index in [1.54, 1.807) is 43.6 Å². The number of nitrogens with one attached hydrogen (secondary N) is 2. The number of nitriles is 1.